The van der Waals surface area contributed by atoms with Gasteiger partial charge in [0.1, 0.15) is 4.32 Å². The zero-order valence-electron chi connectivity index (χ0n) is 13.8. The van der Waals surface area contributed by atoms with E-state index in [9.17, 15) is 4.79 Å². The topological polar surface area (TPSA) is 23.6 Å². The highest BCUT2D eigenvalue weighted by Gasteiger charge is 2.31. The molecule has 0 radical (unpaired) electrons. The molecule has 2 aliphatic rings. The number of unbranched alkanes of at least 4 members (excludes halogenated alkanes) is 1. The highest BCUT2D eigenvalue weighted by molar-refractivity contribution is 8.26. The van der Waals surface area contributed by atoms with Crippen LogP contribution in [0.25, 0.3) is 0 Å². The van der Waals surface area contributed by atoms with Crippen LogP contribution in [0.2, 0.25) is 0 Å². The van der Waals surface area contributed by atoms with Crippen molar-refractivity contribution in [2.45, 2.75) is 31.6 Å². The molecule has 0 aliphatic carbocycles. The Kier molecular flexibility index (Phi) is 5.69. The monoisotopic (exact) mass is 376 g/mol. The van der Waals surface area contributed by atoms with Gasteiger partial charge in [0.15, 0.2) is 0 Å². The Morgan fingerprint density at radius 2 is 1.92 bits per heavy atom. The molecule has 2 heterocycles. The minimum absolute atomic E-state index is 0.0406. The molecular formula is C18H20N2OS3. The van der Waals surface area contributed by atoms with E-state index in [1.54, 1.807) is 16.7 Å². The van der Waals surface area contributed by atoms with Gasteiger partial charge in [-0.15, -0.1) is 0 Å². The van der Waals surface area contributed by atoms with E-state index in [-0.39, 0.29) is 5.91 Å². The molecular weight excluding hydrogens is 356 g/mol. The number of benzene rings is 1. The second-order valence-electron chi connectivity index (χ2n) is 5.53. The first-order valence-corrected chi connectivity index (χ1v) is 10.2. The standard InChI is InChI=1S/C18H20N2OS3/c1-3-5-12-20-17(21)15(24-18(20)22)10-11-16-19(4-2)13-8-6-7-9-14(13)23-16/h6-11H,3-5,12H2,1-2H3/b15-10-,16-11+. The van der Waals surface area contributed by atoms with Crippen molar-refractivity contribution < 1.29 is 4.79 Å². The van der Waals surface area contributed by atoms with Crippen molar-refractivity contribution in [1.82, 2.24) is 4.90 Å². The van der Waals surface area contributed by atoms with Crippen molar-refractivity contribution in [2.75, 3.05) is 18.0 Å². The summed E-state index contributed by atoms with van der Waals surface area (Å²) in [5.74, 6) is 0.0406. The largest absolute Gasteiger partial charge is 0.335 e. The lowest BCUT2D eigenvalue weighted by atomic mass is 10.3. The third-order valence-electron chi connectivity index (χ3n) is 3.94. The van der Waals surface area contributed by atoms with Crippen molar-refractivity contribution in [1.29, 1.82) is 0 Å². The van der Waals surface area contributed by atoms with E-state index in [0.717, 1.165) is 35.9 Å². The Morgan fingerprint density at radius 3 is 2.67 bits per heavy atom. The Morgan fingerprint density at radius 1 is 1.12 bits per heavy atom. The molecule has 2 aliphatic heterocycles. The summed E-state index contributed by atoms with van der Waals surface area (Å²) in [5, 5.41) is 1.15. The van der Waals surface area contributed by atoms with Crippen LogP contribution < -0.4 is 4.90 Å². The van der Waals surface area contributed by atoms with Crippen molar-refractivity contribution in [3.63, 3.8) is 0 Å². The summed E-state index contributed by atoms with van der Waals surface area (Å²) in [7, 11) is 0. The van der Waals surface area contributed by atoms with Crippen LogP contribution in [-0.2, 0) is 4.79 Å². The SMILES string of the molecule is CCCCN1C(=O)/C(=C/C=C2/Sc3ccccc3N2CC)SC1=S. The van der Waals surface area contributed by atoms with Gasteiger partial charge in [-0.2, -0.15) is 0 Å². The number of anilines is 1. The molecule has 1 saturated heterocycles. The first-order valence-electron chi connectivity index (χ1n) is 8.15. The van der Waals surface area contributed by atoms with Crippen LogP contribution in [0.5, 0.6) is 0 Å². The number of nitrogens with zero attached hydrogens (tertiary/aromatic N) is 2. The number of carbonyl (C=O) groups is 1. The maximum absolute atomic E-state index is 12.5. The molecule has 1 aromatic rings. The van der Waals surface area contributed by atoms with E-state index in [4.69, 9.17) is 12.2 Å². The summed E-state index contributed by atoms with van der Waals surface area (Å²) in [5.41, 5.74) is 1.24. The second-order valence-corrected chi connectivity index (χ2v) is 8.27. The number of para-hydroxylation sites is 1. The summed E-state index contributed by atoms with van der Waals surface area (Å²) in [6, 6.07) is 8.38. The van der Waals surface area contributed by atoms with Crippen molar-refractivity contribution in [2.24, 2.45) is 0 Å². The Bertz CT molecular complexity index is 727. The number of thioether (sulfide) groups is 2. The summed E-state index contributed by atoms with van der Waals surface area (Å²) < 4.78 is 0.674. The van der Waals surface area contributed by atoms with Crippen LogP contribution in [0, 0.1) is 0 Å². The average Bonchev–Trinajstić information content (AvgIpc) is 3.08. The Balaban J connectivity index is 1.79. The quantitative estimate of drug-likeness (QED) is 0.531. The third kappa shape index (κ3) is 3.41. The van der Waals surface area contributed by atoms with Crippen LogP contribution in [0.15, 0.2) is 51.2 Å². The van der Waals surface area contributed by atoms with Gasteiger partial charge < -0.3 is 4.90 Å². The molecule has 126 valence electrons. The number of thiocarbonyl (C=S) groups is 1. The predicted octanol–water partition coefficient (Wildman–Crippen LogP) is 5.00. The van der Waals surface area contributed by atoms with Gasteiger partial charge in [0.05, 0.1) is 15.6 Å². The van der Waals surface area contributed by atoms with Gasteiger partial charge >= 0.3 is 0 Å². The average molecular weight is 377 g/mol. The van der Waals surface area contributed by atoms with E-state index in [2.05, 4.69) is 43.0 Å². The molecule has 1 fully saturated rings. The molecule has 3 nitrogen and oxygen atoms in total. The molecule has 3 rings (SSSR count). The fraction of sp³-hybridized carbons (Fsp3) is 0.333. The van der Waals surface area contributed by atoms with Gasteiger partial charge in [-0.05, 0) is 37.6 Å². The number of rotatable bonds is 5. The molecule has 1 aromatic carbocycles. The van der Waals surface area contributed by atoms with E-state index in [0.29, 0.717) is 4.32 Å². The number of fused-ring (bicyclic) bond motifs is 1. The summed E-state index contributed by atoms with van der Waals surface area (Å²) in [6.07, 6.45) is 6.00. The molecule has 0 unspecified atom stereocenters. The second kappa shape index (κ2) is 7.76. The van der Waals surface area contributed by atoms with Gasteiger partial charge in [-0.25, -0.2) is 0 Å². The first-order chi connectivity index (χ1) is 11.7. The number of hydrogen-bond acceptors (Lipinski definition) is 5. The summed E-state index contributed by atoms with van der Waals surface area (Å²) in [6.45, 7) is 5.88. The zero-order valence-corrected chi connectivity index (χ0v) is 16.3. The summed E-state index contributed by atoms with van der Waals surface area (Å²) in [4.78, 5) is 18.5. The molecule has 0 saturated carbocycles. The number of carbonyl (C=O) groups excluding carboxylic acids is 1. The molecule has 0 atom stereocenters. The van der Waals surface area contributed by atoms with Gasteiger partial charge in [0.25, 0.3) is 5.91 Å². The lowest BCUT2D eigenvalue weighted by Gasteiger charge is -2.17. The van der Waals surface area contributed by atoms with Gasteiger partial charge in [-0.3, -0.25) is 9.69 Å². The van der Waals surface area contributed by atoms with E-state index >= 15 is 0 Å². The van der Waals surface area contributed by atoms with Crippen LogP contribution in [0.4, 0.5) is 5.69 Å². The smallest absolute Gasteiger partial charge is 0.266 e. The zero-order chi connectivity index (χ0) is 17.1. The van der Waals surface area contributed by atoms with Crippen molar-refractivity contribution in [3.05, 3.63) is 46.4 Å². The maximum atomic E-state index is 12.5. The molecule has 0 N–H and O–H groups in total. The van der Waals surface area contributed by atoms with Crippen LogP contribution >= 0.6 is 35.7 Å². The lowest BCUT2D eigenvalue weighted by molar-refractivity contribution is -0.122. The van der Waals surface area contributed by atoms with E-state index < -0.39 is 0 Å². The first kappa shape index (κ1) is 17.6. The fourth-order valence-corrected chi connectivity index (χ4v) is 5.05. The molecule has 0 aromatic heterocycles. The van der Waals surface area contributed by atoms with E-state index in [1.807, 2.05) is 12.2 Å². The van der Waals surface area contributed by atoms with Crippen molar-refractivity contribution >= 4 is 51.7 Å². The van der Waals surface area contributed by atoms with Crippen LogP contribution in [-0.4, -0.2) is 28.2 Å². The lowest BCUT2D eigenvalue weighted by Crippen LogP contribution is -2.28. The number of amides is 1. The maximum Gasteiger partial charge on any atom is 0.266 e. The highest BCUT2D eigenvalue weighted by Crippen LogP contribution is 2.45. The normalized spacial score (nSPS) is 20.6. The van der Waals surface area contributed by atoms with Crippen LogP contribution in [0.1, 0.15) is 26.7 Å². The molecule has 24 heavy (non-hydrogen) atoms. The van der Waals surface area contributed by atoms with Gasteiger partial charge in [0.2, 0.25) is 0 Å². The van der Waals surface area contributed by atoms with Gasteiger partial charge in [0, 0.05) is 18.0 Å². The van der Waals surface area contributed by atoms with E-state index in [1.165, 1.54) is 22.3 Å². The molecule has 1 amide bonds. The minimum Gasteiger partial charge on any atom is -0.335 e. The minimum atomic E-state index is 0.0406. The summed E-state index contributed by atoms with van der Waals surface area (Å²) >= 11 is 8.50. The van der Waals surface area contributed by atoms with Crippen molar-refractivity contribution in [3.8, 4) is 0 Å². The molecule has 0 bridgehead atoms. The third-order valence-corrected chi connectivity index (χ3v) is 6.47. The fourth-order valence-electron chi connectivity index (χ4n) is 2.67. The molecule has 6 heteroatoms. The Hall–Kier alpha value is -1.24. The predicted molar refractivity (Wildman–Crippen MR) is 108 cm³/mol. The Labute approximate surface area is 157 Å². The number of allylic oxidation sites excluding steroid dienone is 2. The highest BCUT2D eigenvalue weighted by atomic mass is 32.2. The van der Waals surface area contributed by atoms with Gasteiger partial charge in [-0.1, -0.05) is 61.2 Å². The van der Waals surface area contributed by atoms with Crippen LogP contribution in [0.3, 0.4) is 0 Å². The molecule has 0 spiro atoms. The number of hydrogen-bond donors (Lipinski definition) is 0.